The van der Waals surface area contributed by atoms with Crippen molar-refractivity contribution in [1.29, 1.82) is 0 Å². The molecule has 1 aromatic heterocycles. The van der Waals surface area contributed by atoms with E-state index in [1.165, 1.54) is 4.88 Å². The quantitative estimate of drug-likeness (QED) is 0.845. The number of hydrogen-bond acceptors (Lipinski definition) is 3. The molecule has 1 amide bonds. The zero-order valence-electron chi connectivity index (χ0n) is 9.40. The highest BCUT2D eigenvalue weighted by molar-refractivity contribution is 9.10. The Balaban J connectivity index is 2.26. The lowest BCUT2D eigenvalue weighted by Gasteiger charge is -2.09. The van der Waals surface area contributed by atoms with Crippen molar-refractivity contribution >= 4 is 39.1 Å². The van der Waals surface area contributed by atoms with E-state index in [-0.39, 0.29) is 12.3 Å². The van der Waals surface area contributed by atoms with Gasteiger partial charge >= 0.3 is 5.97 Å². The van der Waals surface area contributed by atoms with Crippen LogP contribution in [0.1, 0.15) is 18.2 Å². The summed E-state index contributed by atoms with van der Waals surface area (Å²) in [4.78, 5) is 23.1. The van der Waals surface area contributed by atoms with Gasteiger partial charge in [-0.15, -0.1) is 11.3 Å². The average Bonchev–Trinajstić information content (AvgIpc) is 2.63. The molecular formula is C11H14BrNO3S. The minimum Gasteiger partial charge on any atom is -0.481 e. The number of carboxylic acids is 1. The second kappa shape index (κ2) is 6.76. The SMILES string of the molecule is CC(CC(=O)O)C(=O)NCCc1cc(Br)cs1. The Morgan fingerprint density at radius 1 is 1.59 bits per heavy atom. The van der Waals surface area contributed by atoms with Crippen LogP contribution in [0.5, 0.6) is 0 Å². The number of hydrogen-bond donors (Lipinski definition) is 2. The van der Waals surface area contributed by atoms with Gasteiger partial charge in [-0.1, -0.05) is 6.92 Å². The molecule has 6 heteroatoms. The Morgan fingerprint density at radius 3 is 2.82 bits per heavy atom. The van der Waals surface area contributed by atoms with Crippen LogP contribution >= 0.6 is 27.3 Å². The molecule has 0 spiro atoms. The number of amides is 1. The van der Waals surface area contributed by atoms with E-state index in [1.54, 1.807) is 18.3 Å². The van der Waals surface area contributed by atoms with E-state index in [0.717, 1.165) is 10.9 Å². The smallest absolute Gasteiger partial charge is 0.304 e. The van der Waals surface area contributed by atoms with Gasteiger partial charge in [0.25, 0.3) is 0 Å². The Kier molecular flexibility index (Phi) is 5.64. The number of nitrogens with one attached hydrogen (secondary N) is 1. The van der Waals surface area contributed by atoms with Crippen molar-refractivity contribution in [3.8, 4) is 0 Å². The Bertz CT molecular complexity index is 405. The van der Waals surface area contributed by atoms with Crippen LogP contribution in [0, 0.1) is 5.92 Å². The molecule has 0 fully saturated rings. The molecule has 1 heterocycles. The first-order valence-electron chi connectivity index (χ1n) is 5.21. The maximum absolute atomic E-state index is 11.5. The predicted octanol–water partition coefficient (Wildman–Crippen LogP) is 2.28. The summed E-state index contributed by atoms with van der Waals surface area (Å²) in [5.41, 5.74) is 0. The van der Waals surface area contributed by atoms with Crippen molar-refractivity contribution in [2.24, 2.45) is 5.92 Å². The van der Waals surface area contributed by atoms with Crippen LogP contribution < -0.4 is 5.32 Å². The third kappa shape index (κ3) is 5.32. The molecule has 0 saturated heterocycles. The van der Waals surface area contributed by atoms with E-state index in [4.69, 9.17) is 5.11 Å². The van der Waals surface area contributed by atoms with Gasteiger partial charge in [-0.25, -0.2) is 0 Å². The zero-order valence-corrected chi connectivity index (χ0v) is 11.8. The Morgan fingerprint density at radius 2 is 2.29 bits per heavy atom. The van der Waals surface area contributed by atoms with Crippen LogP contribution in [-0.4, -0.2) is 23.5 Å². The molecule has 0 radical (unpaired) electrons. The number of halogens is 1. The van der Waals surface area contributed by atoms with Crippen molar-refractivity contribution in [1.82, 2.24) is 5.32 Å². The van der Waals surface area contributed by atoms with Crippen LogP contribution in [-0.2, 0) is 16.0 Å². The van der Waals surface area contributed by atoms with Gasteiger partial charge in [0.15, 0.2) is 0 Å². The van der Waals surface area contributed by atoms with Gasteiger partial charge in [-0.2, -0.15) is 0 Å². The second-order valence-corrected chi connectivity index (χ2v) is 5.68. The minimum atomic E-state index is -0.949. The number of carbonyl (C=O) groups excluding carboxylic acids is 1. The van der Waals surface area contributed by atoms with Crippen molar-refractivity contribution in [3.63, 3.8) is 0 Å². The van der Waals surface area contributed by atoms with Crippen LogP contribution in [0.25, 0.3) is 0 Å². The van der Waals surface area contributed by atoms with E-state index in [0.29, 0.717) is 6.54 Å². The fraction of sp³-hybridized carbons (Fsp3) is 0.455. The van der Waals surface area contributed by atoms with Crippen LogP contribution in [0.15, 0.2) is 15.9 Å². The first-order valence-corrected chi connectivity index (χ1v) is 6.88. The normalized spacial score (nSPS) is 12.1. The second-order valence-electron chi connectivity index (χ2n) is 3.77. The lowest BCUT2D eigenvalue weighted by molar-refractivity contribution is -0.140. The molecule has 17 heavy (non-hydrogen) atoms. The molecule has 1 atom stereocenters. The van der Waals surface area contributed by atoms with E-state index < -0.39 is 11.9 Å². The third-order valence-electron chi connectivity index (χ3n) is 2.22. The molecular weight excluding hydrogens is 306 g/mol. The topological polar surface area (TPSA) is 66.4 Å². The van der Waals surface area contributed by atoms with Crippen molar-refractivity contribution < 1.29 is 14.7 Å². The molecule has 0 aromatic carbocycles. The Labute approximate surface area is 112 Å². The monoisotopic (exact) mass is 319 g/mol. The summed E-state index contributed by atoms with van der Waals surface area (Å²) >= 11 is 4.99. The van der Waals surface area contributed by atoms with E-state index in [9.17, 15) is 9.59 Å². The molecule has 2 N–H and O–H groups in total. The summed E-state index contributed by atoms with van der Waals surface area (Å²) < 4.78 is 1.04. The van der Waals surface area contributed by atoms with Crippen molar-refractivity contribution in [3.05, 3.63) is 20.8 Å². The van der Waals surface area contributed by atoms with E-state index in [1.807, 2.05) is 11.4 Å². The highest BCUT2D eigenvalue weighted by Crippen LogP contribution is 2.19. The number of carbonyl (C=O) groups is 2. The fourth-order valence-electron chi connectivity index (χ4n) is 1.32. The highest BCUT2D eigenvalue weighted by Gasteiger charge is 2.15. The molecule has 0 aliphatic rings. The van der Waals surface area contributed by atoms with E-state index in [2.05, 4.69) is 21.2 Å². The molecule has 94 valence electrons. The zero-order chi connectivity index (χ0) is 12.8. The predicted molar refractivity (Wildman–Crippen MR) is 70.1 cm³/mol. The Hall–Kier alpha value is -0.880. The molecule has 1 aromatic rings. The van der Waals surface area contributed by atoms with Gasteiger partial charge in [-0.3, -0.25) is 9.59 Å². The summed E-state index contributed by atoms with van der Waals surface area (Å²) in [6.07, 6.45) is 0.637. The largest absolute Gasteiger partial charge is 0.481 e. The first-order chi connectivity index (χ1) is 7.99. The van der Waals surface area contributed by atoms with Crippen LogP contribution in [0.2, 0.25) is 0 Å². The number of carboxylic acid groups (broad SMARTS) is 1. The molecule has 4 nitrogen and oxygen atoms in total. The summed E-state index contributed by atoms with van der Waals surface area (Å²) in [5, 5.41) is 13.3. The molecule has 1 unspecified atom stereocenters. The van der Waals surface area contributed by atoms with Gasteiger partial charge in [0, 0.05) is 27.2 Å². The molecule has 1 rings (SSSR count). The van der Waals surface area contributed by atoms with Gasteiger partial charge in [0.05, 0.1) is 6.42 Å². The first kappa shape index (κ1) is 14.2. The van der Waals surface area contributed by atoms with Gasteiger partial charge in [-0.05, 0) is 28.4 Å². The van der Waals surface area contributed by atoms with Crippen molar-refractivity contribution in [2.45, 2.75) is 19.8 Å². The third-order valence-corrected chi connectivity index (χ3v) is 3.98. The summed E-state index contributed by atoms with van der Waals surface area (Å²) in [5.74, 6) is -1.64. The highest BCUT2D eigenvalue weighted by atomic mass is 79.9. The number of rotatable bonds is 6. The maximum Gasteiger partial charge on any atom is 0.304 e. The standard InChI is InChI=1S/C11H14BrNO3S/c1-7(4-10(14)15)11(16)13-3-2-9-5-8(12)6-17-9/h5-7H,2-4H2,1H3,(H,13,16)(H,14,15). The maximum atomic E-state index is 11.5. The van der Waals surface area contributed by atoms with Gasteiger partial charge < -0.3 is 10.4 Å². The van der Waals surface area contributed by atoms with Crippen LogP contribution in [0.4, 0.5) is 0 Å². The fourth-order valence-corrected chi connectivity index (χ4v) is 2.78. The van der Waals surface area contributed by atoms with E-state index >= 15 is 0 Å². The van der Waals surface area contributed by atoms with Crippen LogP contribution in [0.3, 0.4) is 0 Å². The molecule has 0 saturated carbocycles. The molecule has 0 bridgehead atoms. The van der Waals surface area contributed by atoms with Crippen molar-refractivity contribution in [2.75, 3.05) is 6.54 Å². The number of aliphatic carboxylic acids is 1. The van der Waals surface area contributed by atoms with Gasteiger partial charge in [0.2, 0.25) is 5.91 Å². The average molecular weight is 320 g/mol. The molecule has 0 aliphatic heterocycles. The minimum absolute atomic E-state index is 0.129. The lowest BCUT2D eigenvalue weighted by atomic mass is 10.1. The van der Waals surface area contributed by atoms with Gasteiger partial charge in [0.1, 0.15) is 0 Å². The number of thiophene rings is 1. The summed E-state index contributed by atoms with van der Waals surface area (Å²) in [6.45, 7) is 2.15. The summed E-state index contributed by atoms with van der Waals surface area (Å²) in [7, 11) is 0. The summed E-state index contributed by atoms with van der Waals surface area (Å²) in [6, 6.07) is 2.01. The lowest BCUT2D eigenvalue weighted by Crippen LogP contribution is -2.31. The molecule has 0 aliphatic carbocycles.